The molecular formula is C8H9N3O. The molecule has 62 valence electrons. The van der Waals surface area contributed by atoms with E-state index in [1.54, 1.807) is 12.1 Å². The fraction of sp³-hybridized carbons (Fsp3) is 0. The van der Waals surface area contributed by atoms with Crippen molar-refractivity contribution < 1.29 is 4.79 Å². The van der Waals surface area contributed by atoms with Crippen LogP contribution < -0.4 is 11.5 Å². The highest BCUT2D eigenvalue weighted by Gasteiger charge is 2.02. The lowest BCUT2D eigenvalue weighted by atomic mass is 10.1. The maximum absolute atomic E-state index is 10.7. The second-order valence-corrected chi connectivity index (χ2v) is 2.35. The first-order valence-electron chi connectivity index (χ1n) is 3.35. The number of nitrogen functional groups attached to an aromatic ring is 1. The average molecular weight is 163 g/mol. The zero-order valence-electron chi connectivity index (χ0n) is 6.37. The third-order valence-corrected chi connectivity index (χ3v) is 1.53. The van der Waals surface area contributed by atoms with Gasteiger partial charge < -0.3 is 16.9 Å². The summed E-state index contributed by atoms with van der Waals surface area (Å²) in [5.41, 5.74) is 11.9. The van der Waals surface area contributed by atoms with Crippen molar-refractivity contribution in [2.45, 2.75) is 0 Å². The van der Waals surface area contributed by atoms with Gasteiger partial charge in [-0.3, -0.25) is 4.79 Å². The molecule has 0 atom stereocenters. The van der Waals surface area contributed by atoms with Crippen molar-refractivity contribution in [1.29, 1.82) is 5.41 Å². The standard InChI is InChI=1S/C8H9N3O/c9-4-6-2-1-5(8(11)12)3-7(6)10/h1-4,9H,10H2,(H2,11,12). The number of anilines is 1. The van der Waals surface area contributed by atoms with Gasteiger partial charge in [0.05, 0.1) is 0 Å². The van der Waals surface area contributed by atoms with Crippen LogP contribution >= 0.6 is 0 Å². The van der Waals surface area contributed by atoms with Gasteiger partial charge >= 0.3 is 0 Å². The Bertz CT molecular complexity index is 333. The van der Waals surface area contributed by atoms with Crippen molar-refractivity contribution in [3.8, 4) is 0 Å². The van der Waals surface area contributed by atoms with Crippen LogP contribution in [0.2, 0.25) is 0 Å². The summed E-state index contributed by atoms with van der Waals surface area (Å²) in [5, 5.41) is 6.94. The van der Waals surface area contributed by atoms with Gasteiger partial charge in [0, 0.05) is 23.0 Å². The molecule has 0 aliphatic rings. The Labute approximate surface area is 69.7 Å². The first kappa shape index (κ1) is 8.26. The topological polar surface area (TPSA) is 93.0 Å². The van der Waals surface area contributed by atoms with Crippen molar-refractivity contribution in [2.24, 2.45) is 5.73 Å². The number of carbonyl (C=O) groups is 1. The summed E-state index contributed by atoms with van der Waals surface area (Å²) in [5.74, 6) is -0.516. The fourth-order valence-corrected chi connectivity index (χ4v) is 0.859. The van der Waals surface area contributed by atoms with Gasteiger partial charge in [0.2, 0.25) is 5.91 Å². The molecule has 0 unspecified atom stereocenters. The van der Waals surface area contributed by atoms with Crippen molar-refractivity contribution in [2.75, 3.05) is 5.73 Å². The maximum atomic E-state index is 10.7. The molecule has 1 aromatic carbocycles. The Kier molecular flexibility index (Phi) is 2.09. The molecule has 4 nitrogen and oxygen atoms in total. The number of benzene rings is 1. The molecule has 0 saturated heterocycles. The predicted octanol–water partition coefficient (Wildman–Crippen LogP) is 0.365. The van der Waals surface area contributed by atoms with Gasteiger partial charge in [-0.25, -0.2) is 0 Å². The Morgan fingerprint density at radius 2 is 2.17 bits per heavy atom. The second kappa shape index (κ2) is 3.04. The van der Waals surface area contributed by atoms with E-state index >= 15 is 0 Å². The third-order valence-electron chi connectivity index (χ3n) is 1.53. The molecule has 0 bridgehead atoms. The number of rotatable bonds is 2. The second-order valence-electron chi connectivity index (χ2n) is 2.35. The van der Waals surface area contributed by atoms with Crippen LogP contribution in [0.5, 0.6) is 0 Å². The lowest BCUT2D eigenvalue weighted by Crippen LogP contribution is -2.11. The molecule has 1 amide bonds. The van der Waals surface area contributed by atoms with Crippen LogP contribution in [0.4, 0.5) is 5.69 Å². The molecule has 4 heteroatoms. The van der Waals surface area contributed by atoms with E-state index in [4.69, 9.17) is 16.9 Å². The molecule has 1 rings (SSSR count). The zero-order valence-corrected chi connectivity index (χ0v) is 6.37. The molecule has 5 N–H and O–H groups in total. The summed E-state index contributed by atoms with van der Waals surface area (Å²) in [6, 6.07) is 4.59. The highest BCUT2D eigenvalue weighted by Crippen LogP contribution is 2.11. The molecule has 0 radical (unpaired) electrons. The van der Waals surface area contributed by atoms with Crippen LogP contribution in [0, 0.1) is 5.41 Å². The maximum Gasteiger partial charge on any atom is 0.248 e. The summed E-state index contributed by atoms with van der Waals surface area (Å²) in [6.45, 7) is 0. The van der Waals surface area contributed by atoms with E-state index in [2.05, 4.69) is 0 Å². The van der Waals surface area contributed by atoms with Gasteiger partial charge in [-0.15, -0.1) is 0 Å². The van der Waals surface area contributed by atoms with Crippen LogP contribution in [-0.4, -0.2) is 12.1 Å². The SMILES string of the molecule is N=Cc1ccc(C(N)=O)cc1N. The molecule has 0 aliphatic heterocycles. The zero-order chi connectivity index (χ0) is 9.14. The van der Waals surface area contributed by atoms with Crippen LogP contribution in [0.3, 0.4) is 0 Å². The van der Waals surface area contributed by atoms with Gasteiger partial charge in [0.25, 0.3) is 0 Å². The lowest BCUT2D eigenvalue weighted by Gasteiger charge is -2.00. The minimum Gasteiger partial charge on any atom is -0.398 e. The first-order valence-corrected chi connectivity index (χ1v) is 3.35. The number of hydrogen-bond donors (Lipinski definition) is 3. The van der Waals surface area contributed by atoms with E-state index in [1.807, 2.05) is 0 Å². The number of nitrogens with two attached hydrogens (primary N) is 2. The summed E-state index contributed by atoms with van der Waals surface area (Å²) in [7, 11) is 0. The van der Waals surface area contributed by atoms with Crippen LogP contribution in [0.1, 0.15) is 15.9 Å². The molecule has 0 aromatic heterocycles. The van der Waals surface area contributed by atoms with Crippen molar-refractivity contribution >= 4 is 17.8 Å². The molecular weight excluding hydrogens is 154 g/mol. The Morgan fingerprint density at radius 1 is 1.50 bits per heavy atom. The van der Waals surface area contributed by atoms with E-state index in [-0.39, 0.29) is 0 Å². The van der Waals surface area contributed by atoms with E-state index in [0.29, 0.717) is 16.8 Å². The van der Waals surface area contributed by atoms with Gasteiger partial charge in [-0.2, -0.15) is 0 Å². The van der Waals surface area contributed by atoms with Gasteiger partial charge in [-0.1, -0.05) is 6.07 Å². The summed E-state index contributed by atoms with van der Waals surface area (Å²) >= 11 is 0. The lowest BCUT2D eigenvalue weighted by molar-refractivity contribution is 0.100. The molecule has 0 spiro atoms. The first-order chi connectivity index (χ1) is 5.65. The fourth-order valence-electron chi connectivity index (χ4n) is 0.859. The van der Waals surface area contributed by atoms with Crippen LogP contribution in [0.15, 0.2) is 18.2 Å². The summed E-state index contributed by atoms with van der Waals surface area (Å²) in [6.07, 6.45) is 1.13. The van der Waals surface area contributed by atoms with Crippen LogP contribution in [-0.2, 0) is 0 Å². The van der Waals surface area contributed by atoms with Crippen molar-refractivity contribution in [3.63, 3.8) is 0 Å². The van der Waals surface area contributed by atoms with E-state index in [9.17, 15) is 4.79 Å². The molecule has 0 heterocycles. The van der Waals surface area contributed by atoms with E-state index < -0.39 is 5.91 Å². The van der Waals surface area contributed by atoms with Crippen LogP contribution in [0.25, 0.3) is 0 Å². The number of amides is 1. The average Bonchev–Trinajstić information content (AvgIpc) is 2.04. The molecule has 0 aliphatic carbocycles. The minimum atomic E-state index is -0.516. The Hall–Kier alpha value is -1.84. The smallest absolute Gasteiger partial charge is 0.248 e. The molecule has 0 saturated carbocycles. The van der Waals surface area contributed by atoms with E-state index in [0.717, 1.165) is 6.21 Å². The van der Waals surface area contributed by atoms with E-state index in [1.165, 1.54) is 6.07 Å². The minimum absolute atomic E-state index is 0.359. The molecule has 1 aromatic rings. The largest absolute Gasteiger partial charge is 0.398 e. The number of hydrogen-bond acceptors (Lipinski definition) is 3. The summed E-state index contributed by atoms with van der Waals surface area (Å²) in [4.78, 5) is 10.7. The highest BCUT2D eigenvalue weighted by atomic mass is 16.1. The molecule has 12 heavy (non-hydrogen) atoms. The Balaban J connectivity index is 3.18. The quantitative estimate of drug-likeness (QED) is 0.434. The highest BCUT2D eigenvalue weighted by molar-refractivity contribution is 5.96. The number of primary amides is 1. The number of nitrogens with one attached hydrogen (secondary N) is 1. The van der Waals surface area contributed by atoms with Crippen molar-refractivity contribution in [1.82, 2.24) is 0 Å². The Morgan fingerprint density at radius 3 is 2.58 bits per heavy atom. The third kappa shape index (κ3) is 1.42. The van der Waals surface area contributed by atoms with Crippen molar-refractivity contribution in [3.05, 3.63) is 29.3 Å². The monoisotopic (exact) mass is 163 g/mol. The summed E-state index contributed by atoms with van der Waals surface area (Å²) < 4.78 is 0. The predicted molar refractivity (Wildman–Crippen MR) is 47.3 cm³/mol. The normalized spacial score (nSPS) is 9.33. The van der Waals surface area contributed by atoms with Gasteiger partial charge in [-0.05, 0) is 12.1 Å². The number of carbonyl (C=O) groups excluding carboxylic acids is 1. The molecule has 0 fully saturated rings. The van der Waals surface area contributed by atoms with Gasteiger partial charge in [0.1, 0.15) is 0 Å². The van der Waals surface area contributed by atoms with Gasteiger partial charge in [0.15, 0.2) is 0 Å².